The van der Waals surface area contributed by atoms with Gasteiger partial charge in [0, 0.05) is 25.0 Å². The van der Waals surface area contributed by atoms with Gasteiger partial charge in [-0.25, -0.2) is 14.6 Å². The van der Waals surface area contributed by atoms with E-state index in [9.17, 15) is 19.2 Å². The minimum atomic E-state index is -1.38. The van der Waals surface area contributed by atoms with Crippen LogP contribution in [0.4, 0.5) is 4.79 Å². The minimum absolute atomic E-state index is 0.140. The molecule has 14 heteroatoms. The number of carbonyl (C=O) groups excluding carboxylic acids is 4. The molecule has 7 rings (SSSR count). The third kappa shape index (κ3) is 7.30. The number of amides is 3. The third-order valence-electron chi connectivity index (χ3n) is 10.0. The van der Waals surface area contributed by atoms with Crippen molar-refractivity contribution >= 4 is 45.4 Å². The summed E-state index contributed by atoms with van der Waals surface area (Å²) in [7, 11) is 0. The first-order valence-electron chi connectivity index (χ1n) is 17.6. The molecule has 3 fully saturated rings. The molecule has 2 saturated carbocycles. The van der Waals surface area contributed by atoms with Crippen molar-refractivity contribution in [1.82, 2.24) is 30.6 Å². The monoisotopic (exact) mass is 702 g/mol. The van der Waals surface area contributed by atoms with E-state index in [2.05, 4.69) is 15.8 Å². The van der Waals surface area contributed by atoms with E-state index >= 15 is 0 Å². The number of hydroxylamine groups is 1. The smallest absolute Gasteiger partial charge is 0.440 e. The molecule has 0 bridgehead atoms. The summed E-state index contributed by atoms with van der Waals surface area (Å²) >= 11 is 1.47. The standard InChI is InChI=1S/C36H42N6O7S/c1-22-21-50-30-29(22)38-31(26-15-10-11-17-37-26)39-33(30)47-25-18-27-32(44)40-36(34(45)49-41-35(46)48-24-13-8-9-14-24)19-23(36)12-6-4-2-3-5-7-16-28(43)42(27)20-25/h6,10-12,15,17,21,23-25,27H,2-5,7-9,13-14,16,18-20H2,1H3,(H,40,44)(H,41,46)/b12-6-. The molecule has 0 aromatic carbocycles. The van der Waals surface area contributed by atoms with E-state index in [0.29, 0.717) is 30.2 Å². The number of carbonyl (C=O) groups is 4. The van der Waals surface area contributed by atoms with Crippen LogP contribution in [0.5, 0.6) is 5.88 Å². The van der Waals surface area contributed by atoms with E-state index < -0.39 is 35.7 Å². The highest BCUT2D eigenvalue weighted by Gasteiger charge is 2.62. The Morgan fingerprint density at radius 2 is 1.90 bits per heavy atom. The van der Waals surface area contributed by atoms with Crippen molar-refractivity contribution in [3.8, 4) is 17.4 Å². The van der Waals surface area contributed by atoms with Crippen LogP contribution in [0.25, 0.3) is 21.7 Å². The average Bonchev–Trinajstić information content (AvgIpc) is 3.50. The van der Waals surface area contributed by atoms with Crippen LogP contribution < -0.4 is 15.5 Å². The third-order valence-corrected chi connectivity index (χ3v) is 11.1. The molecular formula is C36H42N6O7S. The number of allylic oxidation sites excluding steroid dienone is 1. The number of fused-ring (bicyclic) bond motifs is 3. The summed E-state index contributed by atoms with van der Waals surface area (Å²) in [6.45, 7) is 2.16. The van der Waals surface area contributed by atoms with Crippen molar-refractivity contribution in [2.45, 2.75) is 108 Å². The normalized spacial score (nSPS) is 26.6. The largest absolute Gasteiger partial charge is 0.471 e. The molecule has 3 aromatic heterocycles. The van der Waals surface area contributed by atoms with Crippen molar-refractivity contribution in [3.63, 3.8) is 0 Å². The predicted octanol–water partition coefficient (Wildman–Crippen LogP) is 5.32. The van der Waals surface area contributed by atoms with Gasteiger partial charge in [-0.2, -0.15) is 4.98 Å². The maximum Gasteiger partial charge on any atom is 0.440 e. The molecule has 50 heavy (non-hydrogen) atoms. The van der Waals surface area contributed by atoms with Gasteiger partial charge < -0.3 is 24.5 Å². The number of nitrogens with zero attached hydrogens (tertiary/aromatic N) is 4. The fourth-order valence-corrected chi connectivity index (χ4v) is 8.09. The Bertz CT molecular complexity index is 1780. The highest BCUT2D eigenvalue weighted by Crippen LogP contribution is 2.46. The van der Waals surface area contributed by atoms with Crippen LogP contribution >= 0.6 is 11.3 Å². The number of aryl methyl sites for hydroxylation is 1. The molecule has 5 heterocycles. The number of hydrogen-bond acceptors (Lipinski definition) is 11. The number of aromatic nitrogens is 3. The lowest BCUT2D eigenvalue weighted by molar-refractivity contribution is -0.156. The molecule has 264 valence electrons. The summed E-state index contributed by atoms with van der Waals surface area (Å²) < 4.78 is 12.7. The molecular weight excluding hydrogens is 660 g/mol. The van der Waals surface area contributed by atoms with Crippen LogP contribution in [-0.2, 0) is 24.0 Å². The Hall–Kier alpha value is -4.59. The molecule has 3 aromatic rings. The SMILES string of the molecule is Cc1csc2c(OC3CC4C(=O)NC5(C(=O)ONC(=O)OC6CCCC6)CC5/C=C\CCCCCCC(=O)N4C3)nc(-c3ccccn3)nc12. The molecule has 2 N–H and O–H groups in total. The van der Waals surface area contributed by atoms with Crippen molar-refractivity contribution < 1.29 is 33.5 Å². The number of ether oxygens (including phenoxy) is 2. The summed E-state index contributed by atoms with van der Waals surface area (Å²) in [6.07, 6.45) is 12.7. The molecule has 4 aliphatic rings. The summed E-state index contributed by atoms with van der Waals surface area (Å²) in [6, 6.07) is 4.63. The first-order chi connectivity index (χ1) is 24.3. The minimum Gasteiger partial charge on any atom is -0.471 e. The van der Waals surface area contributed by atoms with E-state index in [0.717, 1.165) is 73.6 Å². The van der Waals surface area contributed by atoms with Crippen LogP contribution in [0.3, 0.4) is 0 Å². The zero-order valence-corrected chi connectivity index (χ0v) is 28.9. The fourth-order valence-electron chi connectivity index (χ4n) is 7.17. The lowest BCUT2D eigenvalue weighted by Gasteiger charge is -2.26. The van der Waals surface area contributed by atoms with Crippen LogP contribution in [0.1, 0.15) is 82.6 Å². The summed E-state index contributed by atoms with van der Waals surface area (Å²) in [5.41, 5.74) is 3.08. The molecule has 3 amide bonds. The molecule has 0 radical (unpaired) electrons. The number of nitrogens with one attached hydrogen (secondary N) is 2. The maximum atomic E-state index is 14.1. The quantitative estimate of drug-likeness (QED) is 0.263. The van der Waals surface area contributed by atoms with E-state index in [1.807, 2.05) is 42.7 Å². The molecule has 2 aliphatic carbocycles. The van der Waals surface area contributed by atoms with Crippen LogP contribution in [0.2, 0.25) is 0 Å². The Morgan fingerprint density at radius 3 is 2.72 bits per heavy atom. The molecule has 4 atom stereocenters. The van der Waals surface area contributed by atoms with Gasteiger partial charge in [0.05, 0.1) is 12.1 Å². The maximum absolute atomic E-state index is 14.1. The topological polar surface area (TPSA) is 162 Å². The first kappa shape index (κ1) is 33.9. The lowest BCUT2D eigenvalue weighted by Crippen LogP contribution is -2.54. The zero-order chi connectivity index (χ0) is 34.7. The van der Waals surface area contributed by atoms with Gasteiger partial charge in [0.1, 0.15) is 34.2 Å². The predicted molar refractivity (Wildman–Crippen MR) is 184 cm³/mol. The van der Waals surface area contributed by atoms with E-state index in [1.54, 1.807) is 11.1 Å². The second-order valence-electron chi connectivity index (χ2n) is 13.7. The first-order valence-corrected chi connectivity index (χ1v) is 18.5. The molecule has 1 saturated heterocycles. The number of pyridine rings is 1. The van der Waals surface area contributed by atoms with Crippen molar-refractivity contribution in [3.05, 3.63) is 47.5 Å². The van der Waals surface area contributed by atoms with E-state index in [4.69, 9.17) is 24.3 Å². The van der Waals surface area contributed by atoms with Crippen molar-refractivity contribution in [1.29, 1.82) is 0 Å². The van der Waals surface area contributed by atoms with Crippen LogP contribution in [0.15, 0.2) is 41.9 Å². The van der Waals surface area contributed by atoms with Gasteiger partial charge in [-0.1, -0.05) is 31.1 Å². The van der Waals surface area contributed by atoms with Crippen molar-refractivity contribution in [2.24, 2.45) is 5.92 Å². The van der Waals surface area contributed by atoms with Crippen LogP contribution in [0, 0.1) is 12.8 Å². The summed E-state index contributed by atoms with van der Waals surface area (Å²) in [4.78, 5) is 74.3. The second-order valence-corrected chi connectivity index (χ2v) is 14.5. The summed E-state index contributed by atoms with van der Waals surface area (Å²) in [5, 5.41) is 4.93. The number of rotatable bonds is 5. The molecule has 2 aliphatic heterocycles. The average molecular weight is 703 g/mol. The van der Waals surface area contributed by atoms with Crippen LogP contribution in [-0.4, -0.2) is 74.1 Å². The Labute approximate surface area is 294 Å². The van der Waals surface area contributed by atoms with E-state index in [1.165, 1.54) is 11.3 Å². The molecule has 0 spiro atoms. The van der Waals surface area contributed by atoms with Gasteiger partial charge in [0.2, 0.25) is 17.7 Å². The highest BCUT2D eigenvalue weighted by atomic mass is 32.1. The Kier molecular flexibility index (Phi) is 9.97. The van der Waals surface area contributed by atoms with E-state index in [-0.39, 0.29) is 30.9 Å². The van der Waals surface area contributed by atoms with Gasteiger partial charge in [0.15, 0.2) is 5.82 Å². The van der Waals surface area contributed by atoms with Gasteiger partial charge in [0.25, 0.3) is 0 Å². The molecule has 4 unspecified atom stereocenters. The second kappa shape index (κ2) is 14.7. The Balaban J connectivity index is 1.11. The number of hydrogen-bond donors (Lipinski definition) is 2. The van der Waals surface area contributed by atoms with Gasteiger partial charge >= 0.3 is 12.1 Å². The van der Waals surface area contributed by atoms with Gasteiger partial charge in [-0.05, 0) is 81.4 Å². The Morgan fingerprint density at radius 1 is 1.06 bits per heavy atom. The highest BCUT2D eigenvalue weighted by molar-refractivity contribution is 7.17. The van der Waals surface area contributed by atoms with Gasteiger partial charge in [-0.3, -0.25) is 14.6 Å². The van der Waals surface area contributed by atoms with Crippen molar-refractivity contribution in [2.75, 3.05) is 6.54 Å². The lowest BCUT2D eigenvalue weighted by atomic mass is 10.1. The fraction of sp³-hybridized carbons (Fsp3) is 0.528. The number of thiophene rings is 1. The zero-order valence-electron chi connectivity index (χ0n) is 28.1. The summed E-state index contributed by atoms with van der Waals surface area (Å²) in [5.74, 6) is -0.929. The molecule has 13 nitrogen and oxygen atoms in total. The van der Waals surface area contributed by atoms with Gasteiger partial charge in [-0.15, -0.1) is 16.8 Å².